The van der Waals surface area contributed by atoms with Crippen molar-refractivity contribution in [2.24, 2.45) is 5.92 Å². The van der Waals surface area contributed by atoms with Gasteiger partial charge in [0.05, 0.1) is 13.0 Å². The Bertz CT molecular complexity index is 1010. The van der Waals surface area contributed by atoms with Gasteiger partial charge >= 0.3 is 5.97 Å². The summed E-state index contributed by atoms with van der Waals surface area (Å²) < 4.78 is 11.0. The van der Waals surface area contributed by atoms with Gasteiger partial charge in [-0.05, 0) is 47.9 Å². The fourth-order valence-electron chi connectivity index (χ4n) is 3.64. The van der Waals surface area contributed by atoms with Gasteiger partial charge in [0.2, 0.25) is 0 Å². The van der Waals surface area contributed by atoms with Crippen LogP contribution in [-0.2, 0) is 16.0 Å². The van der Waals surface area contributed by atoms with Crippen LogP contribution in [0.25, 0.3) is 5.76 Å². The van der Waals surface area contributed by atoms with Crippen molar-refractivity contribution in [3.8, 4) is 5.75 Å². The molecule has 146 valence electrons. The van der Waals surface area contributed by atoms with E-state index in [1.807, 2.05) is 84.9 Å². The number of cyclic esters (lactones) is 1. The summed E-state index contributed by atoms with van der Waals surface area (Å²) in [6.07, 6.45) is 2.63. The number of hydrogen-bond acceptors (Lipinski definition) is 3. The first-order valence-corrected chi connectivity index (χ1v) is 9.89. The Labute approximate surface area is 175 Å². The topological polar surface area (TPSA) is 35.5 Å². The van der Waals surface area contributed by atoms with Crippen LogP contribution in [-0.4, -0.2) is 13.1 Å². The Morgan fingerprint density at radius 2 is 1.62 bits per heavy atom. The number of carbonyl (C=O) groups is 1. The van der Waals surface area contributed by atoms with Crippen LogP contribution in [0.15, 0.2) is 84.9 Å². The number of ether oxygens (including phenoxy) is 2. The minimum atomic E-state index is -0.322. The van der Waals surface area contributed by atoms with Crippen molar-refractivity contribution < 1.29 is 14.3 Å². The Hall–Kier alpha value is -3.04. The normalized spacial score (nSPS) is 18.7. The number of halogens is 1. The zero-order valence-corrected chi connectivity index (χ0v) is 16.8. The molecule has 4 heteroatoms. The van der Waals surface area contributed by atoms with Gasteiger partial charge in [-0.25, -0.2) is 0 Å². The number of esters is 1. The van der Waals surface area contributed by atoms with Crippen LogP contribution >= 0.6 is 11.6 Å². The molecule has 0 radical (unpaired) electrons. The van der Waals surface area contributed by atoms with E-state index in [1.54, 1.807) is 7.11 Å². The number of allylic oxidation sites excluding steroid dienone is 1. The summed E-state index contributed by atoms with van der Waals surface area (Å²) in [6, 6.07) is 25.2. The van der Waals surface area contributed by atoms with Crippen LogP contribution in [0.5, 0.6) is 5.75 Å². The van der Waals surface area contributed by atoms with Crippen LogP contribution in [0.2, 0.25) is 5.02 Å². The lowest BCUT2D eigenvalue weighted by atomic mass is 9.80. The molecule has 3 nitrogen and oxygen atoms in total. The predicted octanol–water partition coefficient (Wildman–Crippen LogP) is 5.89. The fourth-order valence-corrected chi connectivity index (χ4v) is 3.77. The lowest BCUT2D eigenvalue weighted by Gasteiger charge is -2.29. The third-order valence-electron chi connectivity index (χ3n) is 5.21. The zero-order chi connectivity index (χ0) is 20.2. The highest BCUT2D eigenvalue weighted by molar-refractivity contribution is 6.30. The van der Waals surface area contributed by atoms with Crippen molar-refractivity contribution >= 4 is 23.3 Å². The van der Waals surface area contributed by atoms with E-state index in [0.29, 0.717) is 17.2 Å². The molecule has 1 aliphatic heterocycles. The Kier molecular flexibility index (Phi) is 5.68. The third kappa shape index (κ3) is 4.36. The number of hydrogen-bond donors (Lipinski definition) is 0. The molecule has 29 heavy (non-hydrogen) atoms. The molecule has 2 atom stereocenters. The van der Waals surface area contributed by atoms with Crippen molar-refractivity contribution in [3.63, 3.8) is 0 Å². The maximum absolute atomic E-state index is 13.0. The number of methoxy groups -OCH3 is 1. The van der Waals surface area contributed by atoms with E-state index in [2.05, 4.69) is 0 Å². The second-order valence-corrected chi connectivity index (χ2v) is 7.49. The fraction of sp³-hybridized carbons (Fsp3) is 0.160. The molecule has 3 aromatic carbocycles. The molecule has 0 unspecified atom stereocenters. The maximum atomic E-state index is 13.0. The molecule has 3 aromatic rings. The van der Waals surface area contributed by atoms with E-state index < -0.39 is 0 Å². The Balaban J connectivity index is 1.70. The van der Waals surface area contributed by atoms with Gasteiger partial charge in [-0.1, -0.05) is 66.2 Å². The van der Waals surface area contributed by atoms with E-state index in [4.69, 9.17) is 21.1 Å². The molecule has 0 bridgehead atoms. The lowest BCUT2D eigenvalue weighted by molar-refractivity contribution is -0.142. The summed E-state index contributed by atoms with van der Waals surface area (Å²) in [5, 5.41) is 0.672. The number of benzene rings is 3. The van der Waals surface area contributed by atoms with Gasteiger partial charge in [0, 0.05) is 16.5 Å². The average molecular weight is 405 g/mol. The SMILES string of the molecule is COc1ccc(C[C@@H]2C(=O)OC(c3ccccc3)=C[C@@H]2c2ccc(Cl)cc2)cc1. The second kappa shape index (κ2) is 8.54. The maximum Gasteiger partial charge on any atom is 0.315 e. The second-order valence-electron chi connectivity index (χ2n) is 7.05. The van der Waals surface area contributed by atoms with E-state index >= 15 is 0 Å². The minimum Gasteiger partial charge on any atom is -0.497 e. The molecule has 0 amide bonds. The molecule has 0 fully saturated rings. The molecular formula is C25H21ClO3. The largest absolute Gasteiger partial charge is 0.497 e. The van der Waals surface area contributed by atoms with Gasteiger partial charge in [-0.15, -0.1) is 0 Å². The first-order valence-electron chi connectivity index (χ1n) is 9.51. The molecule has 1 aliphatic rings. The molecule has 0 spiro atoms. The Morgan fingerprint density at radius 1 is 0.931 bits per heavy atom. The highest BCUT2D eigenvalue weighted by Gasteiger charge is 2.35. The first-order chi connectivity index (χ1) is 14.1. The summed E-state index contributed by atoms with van der Waals surface area (Å²) in [4.78, 5) is 13.0. The molecule has 1 heterocycles. The van der Waals surface area contributed by atoms with Gasteiger partial charge < -0.3 is 9.47 Å². The Morgan fingerprint density at radius 3 is 2.28 bits per heavy atom. The van der Waals surface area contributed by atoms with E-state index in [1.165, 1.54) is 0 Å². The molecule has 4 rings (SSSR count). The number of carbonyl (C=O) groups excluding carboxylic acids is 1. The number of rotatable bonds is 5. The smallest absolute Gasteiger partial charge is 0.315 e. The van der Waals surface area contributed by atoms with Crippen molar-refractivity contribution in [1.82, 2.24) is 0 Å². The van der Waals surface area contributed by atoms with Crippen molar-refractivity contribution in [2.75, 3.05) is 7.11 Å². The highest BCUT2D eigenvalue weighted by Crippen LogP contribution is 2.38. The summed E-state index contributed by atoms with van der Waals surface area (Å²) in [7, 11) is 1.64. The van der Waals surface area contributed by atoms with Crippen LogP contribution in [0.3, 0.4) is 0 Å². The highest BCUT2D eigenvalue weighted by atomic mass is 35.5. The standard InChI is InChI=1S/C25H21ClO3/c1-28-21-13-7-17(8-14-21)15-23-22(18-9-11-20(26)12-10-18)16-24(29-25(23)27)19-5-3-2-4-6-19/h2-14,16,22-23H,15H2,1H3/t22-,23+/m1/s1. The van der Waals surface area contributed by atoms with Crippen LogP contribution < -0.4 is 4.74 Å². The van der Waals surface area contributed by atoms with Crippen molar-refractivity contribution in [2.45, 2.75) is 12.3 Å². The van der Waals surface area contributed by atoms with Gasteiger partial charge in [-0.2, -0.15) is 0 Å². The average Bonchev–Trinajstić information content (AvgIpc) is 2.77. The van der Waals surface area contributed by atoms with Gasteiger partial charge in [-0.3, -0.25) is 4.79 Å². The molecule has 0 saturated heterocycles. The predicted molar refractivity (Wildman–Crippen MR) is 115 cm³/mol. The zero-order valence-electron chi connectivity index (χ0n) is 16.0. The van der Waals surface area contributed by atoms with Gasteiger partial charge in [0.1, 0.15) is 11.5 Å². The van der Waals surface area contributed by atoms with Crippen LogP contribution in [0.4, 0.5) is 0 Å². The quantitative estimate of drug-likeness (QED) is 0.497. The minimum absolute atomic E-state index is 0.106. The molecule has 0 N–H and O–H groups in total. The molecule has 0 aliphatic carbocycles. The van der Waals surface area contributed by atoms with Gasteiger partial charge in [0.15, 0.2) is 0 Å². The van der Waals surface area contributed by atoms with E-state index in [9.17, 15) is 4.79 Å². The third-order valence-corrected chi connectivity index (χ3v) is 5.46. The monoisotopic (exact) mass is 404 g/mol. The van der Waals surface area contributed by atoms with E-state index in [-0.39, 0.29) is 17.8 Å². The first kappa shape index (κ1) is 19.3. The van der Waals surface area contributed by atoms with E-state index in [0.717, 1.165) is 22.4 Å². The van der Waals surface area contributed by atoms with Crippen molar-refractivity contribution in [1.29, 1.82) is 0 Å². The van der Waals surface area contributed by atoms with Crippen LogP contribution in [0, 0.1) is 5.92 Å². The lowest BCUT2D eigenvalue weighted by Crippen LogP contribution is -2.29. The summed E-state index contributed by atoms with van der Waals surface area (Å²) in [6.45, 7) is 0. The molecule has 0 aromatic heterocycles. The molecular weight excluding hydrogens is 384 g/mol. The van der Waals surface area contributed by atoms with Crippen LogP contribution in [0.1, 0.15) is 22.6 Å². The summed E-state index contributed by atoms with van der Waals surface area (Å²) in [5.41, 5.74) is 2.99. The van der Waals surface area contributed by atoms with Gasteiger partial charge in [0.25, 0.3) is 0 Å². The summed E-state index contributed by atoms with van der Waals surface area (Å²) >= 11 is 6.08. The molecule has 0 saturated carbocycles. The van der Waals surface area contributed by atoms with Crippen molar-refractivity contribution in [3.05, 3.63) is 107 Å². The summed E-state index contributed by atoms with van der Waals surface area (Å²) in [5.74, 6) is 0.743.